The summed E-state index contributed by atoms with van der Waals surface area (Å²) in [6.07, 6.45) is 0.501. The smallest absolute Gasteiger partial charge is 0.409 e. The van der Waals surface area contributed by atoms with E-state index in [-0.39, 0.29) is 18.0 Å². The molecule has 28 heavy (non-hydrogen) atoms. The summed E-state index contributed by atoms with van der Waals surface area (Å²) in [5.41, 5.74) is 2.17. The molecule has 1 unspecified atom stereocenters. The van der Waals surface area contributed by atoms with E-state index in [1.807, 2.05) is 31.2 Å². The molecule has 2 aromatic rings. The van der Waals surface area contributed by atoms with Gasteiger partial charge in [0.2, 0.25) is 0 Å². The Morgan fingerprint density at radius 2 is 1.93 bits per heavy atom. The Morgan fingerprint density at radius 1 is 1.18 bits per heavy atom. The molecule has 4 rings (SSSR count). The maximum atomic E-state index is 14.1. The lowest BCUT2D eigenvalue weighted by molar-refractivity contribution is 0.0652. The number of rotatable bonds is 2. The second-order valence-corrected chi connectivity index (χ2v) is 8.50. The number of nitrogens with zero attached hydrogens (tertiary/aromatic N) is 2. The predicted octanol–water partition coefficient (Wildman–Crippen LogP) is 5.00. The molecule has 7 heteroatoms. The number of ether oxygens (including phenoxy) is 1. The van der Waals surface area contributed by atoms with Gasteiger partial charge in [0.25, 0.3) is 0 Å². The standard InChI is InChI=1S/C21H22ClFN2O2S/c1-2-27-21(26)25-9-7-24(8-10-25)18-12-14-11-15(22)3-5-19(14)28-20-6-4-16(23)13-17(18)20/h3-6,11,13,18H,2,7-10,12H2,1H3. The van der Waals surface area contributed by atoms with Crippen molar-refractivity contribution >= 4 is 29.5 Å². The third-order valence-corrected chi connectivity index (χ3v) is 6.71. The zero-order valence-electron chi connectivity index (χ0n) is 15.7. The number of fused-ring (bicyclic) bond motifs is 2. The van der Waals surface area contributed by atoms with Crippen LogP contribution in [0.25, 0.3) is 0 Å². The van der Waals surface area contributed by atoms with Crippen LogP contribution in [0.15, 0.2) is 46.2 Å². The van der Waals surface area contributed by atoms with Crippen LogP contribution in [0.5, 0.6) is 0 Å². The number of piperazine rings is 1. The van der Waals surface area contributed by atoms with Gasteiger partial charge in [0, 0.05) is 47.0 Å². The minimum absolute atomic E-state index is 0.0438. The number of carbonyl (C=O) groups is 1. The molecule has 0 N–H and O–H groups in total. The lowest BCUT2D eigenvalue weighted by atomic mass is 9.96. The Bertz CT molecular complexity index is 887. The highest BCUT2D eigenvalue weighted by molar-refractivity contribution is 7.99. The van der Waals surface area contributed by atoms with Gasteiger partial charge in [-0.05, 0) is 60.9 Å². The second kappa shape index (κ2) is 8.31. The van der Waals surface area contributed by atoms with Crippen LogP contribution in [0.3, 0.4) is 0 Å². The van der Waals surface area contributed by atoms with Crippen LogP contribution in [0.2, 0.25) is 5.02 Å². The van der Waals surface area contributed by atoms with Crippen LogP contribution in [0.1, 0.15) is 24.1 Å². The van der Waals surface area contributed by atoms with Crippen LogP contribution in [-0.2, 0) is 11.2 Å². The van der Waals surface area contributed by atoms with Crippen molar-refractivity contribution in [3.63, 3.8) is 0 Å². The average molecular weight is 421 g/mol. The van der Waals surface area contributed by atoms with Gasteiger partial charge in [0.05, 0.1) is 6.61 Å². The molecule has 0 aromatic heterocycles. The predicted molar refractivity (Wildman–Crippen MR) is 109 cm³/mol. The highest BCUT2D eigenvalue weighted by Gasteiger charge is 2.31. The van der Waals surface area contributed by atoms with E-state index in [9.17, 15) is 9.18 Å². The van der Waals surface area contributed by atoms with Gasteiger partial charge in [-0.1, -0.05) is 23.4 Å². The topological polar surface area (TPSA) is 32.8 Å². The van der Waals surface area contributed by atoms with Gasteiger partial charge < -0.3 is 9.64 Å². The first-order chi connectivity index (χ1) is 13.5. The van der Waals surface area contributed by atoms with E-state index < -0.39 is 0 Å². The van der Waals surface area contributed by atoms with E-state index in [1.54, 1.807) is 22.7 Å². The zero-order valence-corrected chi connectivity index (χ0v) is 17.2. The van der Waals surface area contributed by atoms with Crippen molar-refractivity contribution < 1.29 is 13.9 Å². The van der Waals surface area contributed by atoms with E-state index in [0.29, 0.717) is 24.7 Å². The van der Waals surface area contributed by atoms with Crippen molar-refractivity contribution in [3.8, 4) is 0 Å². The van der Waals surface area contributed by atoms with Gasteiger partial charge in [0.1, 0.15) is 5.82 Å². The molecule has 2 heterocycles. The fourth-order valence-electron chi connectivity index (χ4n) is 3.87. The van der Waals surface area contributed by atoms with Gasteiger partial charge in [-0.15, -0.1) is 0 Å². The van der Waals surface area contributed by atoms with E-state index in [2.05, 4.69) is 4.90 Å². The maximum Gasteiger partial charge on any atom is 0.409 e. The number of hydrogen-bond acceptors (Lipinski definition) is 4. The van der Waals surface area contributed by atoms with Crippen molar-refractivity contribution in [1.82, 2.24) is 9.80 Å². The highest BCUT2D eigenvalue weighted by atomic mass is 35.5. The van der Waals surface area contributed by atoms with Crippen molar-refractivity contribution in [2.24, 2.45) is 0 Å². The highest BCUT2D eigenvalue weighted by Crippen LogP contribution is 2.43. The number of amides is 1. The monoisotopic (exact) mass is 420 g/mol. The summed E-state index contributed by atoms with van der Waals surface area (Å²) in [7, 11) is 0. The summed E-state index contributed by atoms with van der Waals surface area (Å²) in [6, 6.07) is 11.0. The fraction of sp³-hybridized carbons (Fsp3) is 0.381. The second-order valence-electron chi connectivity index (χ2n) is 6.98. The summed E-state index contributed by atoms with van der Waals surface area (Å²) >= 11 is 7.91. The molecular weight excluding hydrogens is 399 g/mol. The first kappa shape index (κ1) is 19.6. The molecule has 0 radical (unpaired) electrons. The summed E-state index contributed by atoms with van der Waals surface area (Å²) in [5.74, 6) is -0.224. The Kier molecular flexibility index (Phi) is 5.80. The molecule has 0 bridgehead atoms. The minimum Gasteiger partial charge on any atom is -0.450 e. The largest absolute Gasteiger partial charge is 0.450 e. The molecule has 2 aromatic carbocycles. The molecular formula is C21H22ClFN2O2S. The van der Waals surface area contributed by atoms with Crippen LogP contribution in [-0.4, -0.2) is 48.7 Å². The molecule has 2 aliphatic rings. The molecule has 148 valence electrons. The molecule has 1 fully saturated rings. The molecule has 4 nitrogen and oxygen atoms in total. The van der Waals surface area contributed by atoms with Crippen molar-refractivity contribution in [1.29, 1.82) is 0 Å². The zero-order chi connectivity index (χ0) is 19.7. The van der Waals surface area contributed by atoms with Gasteiger partial charge in [-0.25, -0.2) is 9.18 Å². The first-order valence-corrected chi connectivity index (χ1v) is 10.7. The molecule has 1 saturated heterocycles. The molecule has 2 aliphatic heterocycles. The van der Waals surface area contributed by atoms with Crippen molar-refractivity contribution in [3.05, 3.63) is 58.4 Å². The van der Waals surface area contributed by atoms with E-state index in [1.165, 1.54) is 11.6 Å². The van der Waals surface area contributed by atoms with Gasteiger partial charge in [-0.3, -0.25) is 4.90 Å². The van der Waals surface area contributed by atoms with Crippen LogP contribution in [0.4, 0.5) is 9.18 Å². The van der Waals surface area contributed by atoms with Crippen molar-refractivity contribution in [2.75, 3.05) is 32.8 Å². The third-order valence-electron chi connectivity index (χ3n) is 5.27. The Hall–Kier alpha value is -1.76. The quantitative estimate of drug-likeness (QED) is 0.684. The number of hydrogen-bond donors (Lipinski definition) is 0. The maximum absolute atomic E-state index is 14.1. The number of benzene rings is 2. The van der Waals surface area contributed by atoms with E-state index in [4.69, 9.17) is 16.3 Å². The Balaban J connectivity index is 1.62. The van der Waals surface area contributed by atoms with Crippen molar-refractivity contribution in [2.45, 2.75) is 29.2 Å². The number of halogens is 2. The third kappa shape index (κ3) is 4.00. The summed E-state index contributed by atoms with van der Waals surface area (Å²) in [4.78, 5) is 18.3. The summed E-state index contributed by atoms with van der Waals surface area (Å²) in [6.45, 7) is 4.85. The molecule has 1 amide bonds. The van der Waals surface area contributed by atoms with E-state index >= 15 is 0 Å². The normalized spacial score (nSPS) is 19.5. The van der Waals surface area contributed by atoms with Crippen LogP contribution < -0.4 is 0 Å². The number of carbonyl (C=O) groups excluding carboxylic acids is 1. The van der Waals surface area contributed by atoms with E-state index in [0.717, 1.165) is 34.9 Å². The molecule has 0 saturated carbocycles. The molecule has 0 spiro atoms. The van der Waals surface area contributed by atoms with Crippen LogP contribution >= 0.6 is 23.4 Å². The molecule has 1 atom stereocenters. The first-order valence-electron chi connectivity index (χ1n) is 9.46. The lowest BCUT2D eigenvalue weighted by Gasteiger charge is -2.39. The SMILES string of the molecule is CCOC(=O)N1CCN(C2Cc3cc(Cl)ccc3Sc3ccc(F)cc32)CC1. The average Bonchev–Trinajstić information content (AvgIpc) is 2.84. The summed E-state index contributed by atoms with van der Waals surface area (Å²) in [5, 5.41) is 0.711. The van der Waals surface area contributed by atoms with Gasteiger partial charge in [0.15, 0.2) is 0 Å². The van der Waals surface area contributed by atoms with Gasteiger partial charge in [-0.2, -0.15) is 0 Å². The Morgan fingerprint density at radius 3 is 2.68 bits per heavy atom. The van der Waals surface area contributed by atoms with Crippen LogP contribution in [0, 0.1) is 5.82 Å². The summed E-state index contributed by atoms with van der Waals surface area (Å²) < 4.78 is 19.2. The Labute approximate surface area is 173 Å². The lowest BCUT2D eigenvalue weighted by Crippen LogP contribution is -2.50. The van der Waals surface area contributed by atoms with Gasteiger partial charge >= 0.3 is 6.09 Å². The fourth-order valence-corrected chi connectivity index (χ4v) is 5.16. The minimum atomic E-state index is -0.262. The molecule has 0 aliphatic carbocycles.